The van der Waals surface area contributed by atoms with Gasteiger partial charge in [-0.25, -0.2) is 8.78 Å². The Labute approximate surface area is 131 Å². The third kappa shape index (κ3) is 2.67. The third-order valence-electron chi connectivity index (χ3n) is 5.81. The van der Waals surface area contributed by atoms with Crippen molar-refractivity contribution in [3.05, 3.63) is 35.9 Å². The van der Waals surface area contributed by atoms with Crippen LogP contribution >= 0.6 is 0 Å². The van der Waals surface area contributed by atoms with E-state index in [-0.39, 0.29) is 11.8 Å². The maximum absolute atomic E-state index is 13.3. The summed E-state index contributed by atoms with van der Waals surface area (Å²) in [6.07, 6.45) is 2.59. The maximum Gasteiger partial charge on any atom is 0.254 e. The molecule has 3 fully saturated rings. The van der Waals surface area contributed by atoms with Gasteiger partial charge in [0.1, 0.15) is 0 Å². The summed E-state index contributed by atoms with van der Waals surface area (Å²) in [5.41, 5.74) is 1.36. The number of hydrogen-bond acceptors (Lipinski definition) is 2. The predicted molar refractivity (Wildman–Crippen MR) is 82.9 cm³/mol. The van der Waals surface area contributed by atoms with Crippen LogP contribution in [0.5, 0.6) is 0 Å². The SMILES string of the molecule is FC1(F)C2CC(N3CCCN(Cc4ccccc4)CC3)CC21. The zero-order chi connectivity index (χ0) is 15.2. The van der Waals surface area contributed by atoms with E-state index in [0.29, 0.717) is 6.04 Å². The molecule has 2 atom stereocenters. The quantitative estimate of drug-likeness (QED) is 0.846. The van der Waals surface area contributed by atoms with E-state index in [1.807, 2.05) is 0 Å². The van der Waals surface area contributed by atoms with E-state index < -0.39 is 5.92 Å². The molecule has 120 valence electrons. The van der Waals surface area contributed by atoms with Crippen LogP contribution in [-0.2, 0) is 6.54 Å². The van der Waals surface area contributed by atoms with E-state index in [2.05, 4.69) is 40.1 Å². The lowest BCUT2D eigenvalue weighted by molar-refractivity contribution is 0.0514. The van der Waals surface area contributed by atoms with Gasteiger partial charge in [0.25, 0.3) is 5.92 Å². The molecular weight excluding hydrogens is 282 g/mol. The molecule has 0 radical (unpaired) electrons. The highest BCUT2D eigenvalue weighted by atomic mass is 19.3. The fraction of sp³-hybridized carbons (Fsp3) is 0.667. The Hall–Kier alpha value is -1.00. The van der Waals surface area contributed by atoms with E-state index in [0.717, 1.165) is 52.0 Å². The van der Waals surface area contributed by atoms with Crippen molar-refractivity contribution < 1.29 is 8.78 Å². The Morgan fingerprint density at radius 1 is 0.955 bits per heavy atom. The minimum Gasteiger partial charge on any atom is -0.299 e. The smallest absolute Gasteiger partial charge is 0.254 e. The van der Waals surface area contributed by atoms with Crippen molar-refractivity contribution in [3.8, 4) is 0 Å². The number of benzene rings is 1. The average Bonchev–Trinajstić information content (AvgIpc) is 2.86. The number of hydrogen-bond donors (Lipinski definition) is 0. The molecule has 1 aromatic carbocycles. The van der Waals surface area contributed by atoms with Crippen molar-refractivity contribution in [2.45, 2.75) is 37.8 Å². The van der Waals surface area contributed by atoms with E-state index >= 15 is 0 Å². The van der Waals surface area contributed by atoms with Crippen LogP contribution < -0.4 is 0 Å². The van der Waals surface area contributed by atoms with E-state index in [1.165, 1.54) is 5.56 Å². The van der Waals surface area contributed by atoms with Crippen LogP contribution in [0.1, 0.15) is 24.8 Å². The summed E-state index contributed by atoms with van der Waals surface area (Å²) in [6.45, 7) is 5.27. The summed E-state index contributed by atoms with van der Waals surface area (Å²) in [7, 11) is 0. The normalized spacial score (nSPS) is 35.1. The molecule has 2 saturated carbocycles. The molecule has 2 aliphatic carbocycles. The van der Waals surface area contributed by atoms with Crippen molar-refractivity contribution >= 4 is 0 Å². The average molecular weight is 306 g/mol. The number of alkyl halides is 2. The monoisotopic (exact) mass is 306 g/mol. The molecule has 1 aliphatic heterocycles. The highest BCUT2D eigenvalue weighted by molar-refractivity contribution is 5.15. The molecule has 0 bridgehead atoms. The Balaban J connectivity index is 1.30. The summed E-state index contributed by atoms with van der Waals surface area (Å²) in [6, 6.07) is 11.0. The van der Waals surface area contributed by atoms with Gasteiger partial charge in [0.2, 0.25) is 0 Å². The van der Waals surface area contributed by atoms with Gasteiger partial charge in [-0.2, -0.15) is 0 Å². The molecule has 1 heterocycles. The highest BCUT2D eigenvalue weighted by Crippen LogP contribution is 2.64. The van der Waals surface area contributed by atoms with Gasteiger partial charge in [-0.05, 0) is 37.9 Å². The van der Waals surface area contributed by atoms with Gasteiger partial charge in [0.05, 0.1) is 0 Å². The molecule has 3 aliphatic rings. The van der Waals surface area contributed by atoms with Crippen LogP contribution in [0.4, 0.5) is 8.78 Å². The Kier molecular flexibility index (Phi) is 3.69. The van der Waals surface area contributed by atoms with Gasteiger partial charge in [-0.1, -0.05) is 30.3 Å². The van der Waals surface area contributed by atoms with Crippen molar-refractivity contribution in [2.24, 2.45) is 11.8 Å². The van der Waals surface area contributed by atoms with E-state index in [9.17, 15) is 8.78 Å². The first-order valence-corrected chi connectivity index (χ1v) is 8.53. The van der Waals surface area contributed by atoms with Crippen molar-refractivity contribution in [2.75, 3.05) is 26.2 Å². The molecular formula is C18H24F2N2. The van der Waals surface area contributed by atoms with Crippen LogP contribution in [0, 0.1) is 11.8 Å². The van der Waals surface area contributed by atoms with Crippen molar-refractivity contribution in [1.29, 1.82) is 0 Å². The first-order valence-electron chi connectivity index (χ1n) is 8.53. The first kappa shape index (κ1) is 14.6. The molecule has 1 saturated heterocycles. The number of rotatable bonds is 3. The third-order valence-corrected chi connectivity index (χ3v) is 5.81. The molecule has 0 spiro atoms. The standard InChI is InChI=1S/C18H24F2N2/c19-18(20)16-11-15(12-17(16)18)22-8-4-7-21(9-10-22)13-14-5-2-1-3-6-14/h1-3,5-6,15-17H,4,7-13H2. The zero-order valence-electron chi connectivity index (χ0n) is 12.9. The molecule has 1 aromatic rings. The van der Waals surface area contributed by atoms with Gasteiger partial charge in [0, 0.05) is 37.5 Å². The molecule has 4 rings (SSSR count). The molecule has 22 heavy (non-hydrogen) atoms. The minimum absolute atomic E-state index is 0.304. The number of nitrogens with zero attached hydrogens (tertiary/aromatic N) is 2. The topological polar surface area (TPSA) is 6.48 Å². The van der Waals surface area contributed by atoms with Crippen molar-refractivity contribution in [3.63, 3.8) is 0 Å². The summed E-state index contributed by atoms with van der Waals surface area (Å²) in [4.78, 5) is 4.98. The maximum atomic E-state index is 13.3. The van der Waals surface area contributed by atoms with E-state index in [1.54, 1.807) is 0 Å². The first-order chi connectivity index (χ1) is 10.6. The van der Waals surface area contributed by atoms with Gasteiger partial charge in [-0.15, -0.1) is 0 Å². The highest BCUT2D eigenvalue weighted by Gasteiger charge is 2.71. The summed E-state index contributed by atoms with van der Waals surface area (Å²) in [5, 5.41) is 0. The lowest BCUT2D eigenvalue weighted by Crippen LogP contribution is -2.38. The Morgan fingerprint density at radius 2 is 1.68 bits per heavy atom. The second-order valence-electron chi connectivity index (χ2n) is 7.16. The summed E-state index contributed by atoms with van der Waals surface area (Å²) < 4.78 is 26.7. The van der Waals surface area contributed by atoms with Gasteiger partial charge in [0.15, 0.2) is 0 Å². The van der Waals surface area contributed by atoms with Gasteiger partial charge >= 0.3 is 0 Å². The largest absolute Gasteiger partial charge is 0.299 e. The fourth-order valence-electron chi connectivity index (χ4n) is 4.44. The molecule has 0 N–H and O–H groups in total. The molecule has 0 aromatic heterocycles. The second kappa shape index (κ2) is 5.57. The Bertz CT molecular complexity index is 505. The predicted octanol–water partition coefficient (Wildman–Crippen LogP) is 3.24. The van der Waals surface area contributed by atoms with Gasteiger partial charge in [-0.3, -0.25) is 9.80 Å². The minimum atomic E-state index is -2.33. The lowest BCUT2D eigenvalue weighted by atomic mass is 10.1. The zero-order valence-corrected chi connectivity index (χ0v) is 12.9. The van der Waals surface area contributed by atoms with Crippen LogP contribution in [0.3, 0.4) is 0 Å². The van der Waals surface area contributed by atoms with Gasteiger partial charge < -0.3 is 0 Å². The lowest BCUT2D eigenvalue weighted by Gasteiger charge is -2.29. The molecule has 0 amide bonds. The second-order valence-corrected chi connectivity index (χ2v) is 7.16. The van der Waals surface area contributed by atoms with E-state index in [4.69, 9.17) is 0 Å². The summed E-state index contributed by atoms with van der Waals surface area (Å²) in [5.74, 6) is -2.94. The summed E-state index contributed by atoms with van der Waals surface area (Å²) >= 11 is 0. The number of halogens is 2. The Morgan fingerprint density at radius 3 is 2.41 bits per heavy atom. The number of fused-ring (bicyclic) bond motifs is 1. The molecule has 2 nitrogen and oxygen atoms in total. The molecule has 2 unspecified atom stereocenters. The van der Waals surface area contributed by atoms with Crippen molar-refractivity contribution in [1.82, 2.24) is 9.80 Å². The van der Waals surface area contributed by atoms with Crippen LogP contribution in [0.15, 0.2) is 30.3 Å². The van der Waals surface area contributed by atoms with Crippen LogP contribution in [0.25, 0.3) is 0 Å². The van der Waals surface area contributed by atoms with Crippen LogP contribution in [0.2, 0.25) is 0 Å². The van der Waals surface area contributed by atoms with Crippen LogP contribution in [-0.4, -0.2) is 47.9 Å². The fourth-order valence-corrected chi connectivity index (χ4v) is 4.44. The molecule has 4 heteroatoms.